The van der Waals surface area contributed by atoms with Gasteiger partial charge in [-0.25, -0.2) is 14.6 Å². The second kappa shape index (κ2) is 7.36. The number of nitro benzene ring substituents is 1. The van der Waals surface area contributed by atoms with Gasteiger partial charge in [0.2, 0.25) is 17.3 Å². The highest BCUT2D eigenvalue weighted by Crippen LogP contribution is 2.25. The molecule has 2 aromatic rings. The number of oxazole rings is 1. The maximum Gasteiger partial charge on any atom is 0.376 e. The van der Waals surface area contributed by atoms with E-state index in [-0.39, 0.29) is 36.2 Å². The monoisotopic (exact) mass is 334 g/mol. The fourth-order valence-electron chi connectivity index (χ4n) is 1.84. The number of aromatic nitrogens is 1. The first-order valence-corrected chi connectivity index (χ1v) is 7.07. The quantitative estimate of drug-likeness (QED) is 0.449. The van der Waals surface area contributed by atoms with Crippen LogP contribution in [0.15, 0.2) is 28.7 Å². The molecule has 0 aliphatic rings. The fraction of sp³-hybridized carbons (Fsp3) is 0.267. The maximum absolute atomic E-state index is 11.9. The molecule has 1 heterocycles. The molecule has 0 unspecified atom stereocenters. The van der Waals surface area contributed by atoms with Crippen molar-refractivity contribution in [3.63, 3.8) is 0 Å². The van der Waals surface area contributed by atoms with Gasteiger partial charge in [0.25, 0.3) is 5.69 Å². The molecule has 9 nitrogen and oxygen atoms in total. The third-order valence-corrected chi connectivity index (χ3v) is 2.88. The third kappa shape index (κ3) is 3.57. The SMILES string of the molecule is CCOC(=O)c1nc(-c2ccc([N+](=O)[O-])cc2)oc1C(=O)OCC. The van der Waals surface area contributed by atoms with Crippen molar-refractivity contribution < 1.29 is 28.4 Å². The van der Waals surface area contributed by atoms with Crippen LogP contribution in [0.3, 0.4) is 0 Å². The zero-order valence-electron chi connectivity index (χ0n) is 13.0. The molecule has 126 valence electrons. The lowest BCUT2D eigenvalue weighted by Crippen LogP contribution is -2.12. The molecule has 0 amide bonds. The molecule has 0 fully saturated rings. The van der Waals surface area contributed by atoms with E-state index in [0.717, 1.165) is 0 Å². The molecule has 1 aromatic heterocycles. The van der Waals surface area contributed by atoms with Crippen LogP contribution in [0.25, 0.3) is 11.5 Å². The van der Waals surface area contributed by atoms with E-state index < -0.39 is 16.9 Å². The Kier molecular flexibility index (Phi) is 5.25. The summed E-state index contributed by atoms with van der Waals surface area (Å²) in [6.07, 6.45) is 0. The van der Waals surface area contributed by atoms with Gasteiger partial charge in [-0.2, -0.15) is 0 Å². The van der Waals surface area contributed by atoms with Gasteiger partial charge in [-0.3, -0.25) is 10.1 Å². The molecule has 0 atom stereocenters. The number of esters is 2. The minimum atomic E-state index is -0.846. The zero-order chi connectivity index (χ0) is 17.7. The van der Waals surface area contributed by atoms with Gasteiger partial charge in [-0.05, 0) is 26.0 Å². The van der Waals surface area contributed by atoms with Crippen LogP contribution in [0.2, 0.25) is 0 Å². The van der Waals surface area contributed by atoms with Crippen LogP contribution < -0.4 is 0 Å². The fourth-order valence-corrected chi connectivity index (χ4v) is 1.84. The number of hydrogen-bond donors (Lipinski definition) is 0. The van der Waals surface area contributed by atoms with E-state index in [9.17, 15) is 19.7 Å². The van der Waals surface area contributed by atoms with Crippen LogP contribution in [-0.2, 0) is 9.47 Å². The van der Waals surface area contributed by atoms with Crippen molar-refractivity contribution in [2.75, 3.05) is 13.2 Å². The average Bonchev–Trinajstić information content (AvgIpc) is 3.01. The highest BCUT2D eigenvalue weighted by molar-refractivity contribution is 6.00. The smallest absolute Gasteiger partial charge is 0.376 e. The molecular weight excluding hydrogens is 320 g/mol. The molecular formula is C15H14N2O7. The minimum Gasteiger partial charge on any atom is -0.461 e. The van der Waals surface area contributed by atoms with Crippen molar-refractivity contribution in [1.82, 2.24) is 4.98 Å². The van der Waals surface area contributed by atoms with E-state index in [0.29, 0.717) is 5.56 Å². The standard InChI is InChI=1S/C15H14N2O7/c1-3-22-14(18)11-12(15(19)23-4-2)24-13(16-11)9-5-7-10(8-6-9)17(20)21/h5-8H,3-4H2,1-2H3. The van der Waals surface area contributed by atoms with E-state index in [2.05, 4.69) is 4.98 Å². The summed E-state index contributed by atoms with van der Waals surface area (Å²) in [5.74, 6) is -2.08. The Bertz CT molecular complexity index is 729. The Balaban J connectivity index is 2.43. The van der Waals surface area contributed by atoms with Gasteiger partial charge in [0.1, 0.15) is 0 Å². The number of nitro groups is 1. The summed E-state index contributed by atoms with van der Waals surface area (Å²) in [4.78, 5) is 37.9. The highest BCUT2D eigenvalue weighted by Gasteiger charge is 2.28. The van der Waals surface area contributed by atoms with E-state index in [1.54, 1.807) is 13.8 Å². The highest BCUT2D eigenvalue weighted by atomic mass is 16.6. The maximum atomic E-state index is 11.9. The van der Waals surface area contributed by atoms with Crippen LogP contribution >= 0.6 is 0 Å². The Morgan fingerprint density at radius 2 is 1.71 bits per heavy atom. The number of carbonyl (C=O) groups is 2. The van der Waals surface area contributed by atoms with Crippen molar-refractivity contribution in [3.05, 3.63) is 45.8 Å². The minimum absolute atomic E-state index is 0.0454. The number of hydrogen-bond acceptors (Lipinski definition) is 8. The zero-order valence-corrected chi connectivity index (χ0v) is 13.0. The van der Waals surface area contributed by atoms with Gasteiger partial charge in [0.05, 0.1) is 18.1 Å². The number of rotatable bonds is 6. The molecule has 24 heavy (non-hydrogen) atoms. The lowest BCUT2D eigenvalue weighted by atomic mass is 10.2. The second-order valence-electron chi connectivity index (χ2n) is 4.44. The van der Waals surface area contributed by atoms with Gasteiger partial charge in [0, 0.05) is 17.7 Å². The number of benzene rings is 1. The summed E-state index contributed by atoms with van der Waals surface area (Å²) >= 11 is 0. The van der Waals surface area contributed by atoms with Crippen molar-refractivity contribution >= 4 is 17.6 Å². The Labute approximate surface area is 136 Å². The third-order valence-electron chi connectivity index (χ3n) is 2.88. The molecule has 0 aliphatic carbocycles. The Morgan fingerprint density at radius 3 is 2.25 bits per heavy atom. The Hall–Kier alpha value is -3.23. The summed E-state index contributed by atoms with van der Waals surface area (Å²) in [5.41, 5.74) is -0.0492. The summed E-state index contributed by atoms with van der Waals surface area (Å²) in [7, 11) is 0. The summed E-state index contributed by atoms with van der Waals surface area (Å²) in [6.45, 7) is 3.41. The van der Waals surface area contributed by atoms with Gasteiger partial charge >= 0.3 is 11.9 Å². The number of ether oxygens (including phenoxy) is 2. The molecule has 0 spiro atoms. The van der Waals surface area contributed by atoms with Gasteiger partial charge in [-0.1, -0.05) is 0 Å². The molecule has 0 saturated carbocycles. The second-order valence-corrected chi connectivity index (χ2v) is 4.44. The van der Waals surface area contributed by atoms with Gasteiger partial charge in [-0.15, -0.1) is 0 Å². The molecule has 2 rings (SSSR count). The number of nitrogens with zero attached hydrogens (tertiary/aromatic N) is 2. The number of non-ortho nitro benzene ring substituents is 1. The van der Waals surface area contributed by atoms with Crippen LogP contribution in [0.4, 0.5) is 5.69 Å². The first-order chi connectivity index (χ1) is 11.5. The first-order valence-electron chi connectivity index (χ1n) is 7.07. The van der Waals surface area contributed by atoms with E-state index in [1.807, 2.05) is 0 Å². The predicted molar refractivity (Wildman–Crippen MR) is 80.5 cm³/mol. The lowest BCUT2D eigenvalue weighted by Gasteiger charge is -2.00. The predicted octanol–water partition coefficient (Wildman–Crippen LogP) is 2.60. The molecule has 0 saturated heterocycles. The molecule has 0 radical (unpaired) electrons. The molecule has 0 aliphatic heterocycles. The summed E-state index contributed by atoms with van der Waals surface area (Å²) in [6, 6.07) is 5.31. The van der Waals surface area contributed by atoms with Gasteiger partial charge < -0.3 is 13.9 Å². The van der Waals surface area contributed by atoms with Gasteiger partial charge in [0.15, 0.2) is 0 Å². The largest absolute Gasteiger partial charge is 0.461 e. The van der Waals surface area contributed by atoms with Crippen LogP contribution in [0, 0.1) is 10.1 Å². The molecule has 9 heteroatoms. The first kappa shape index (κ1) is 17.1. The summed E-state index contributed by atoms with van der Waals surface area (Å²) in [5, 5.41) is 10.7. The summed E-state index contributed by atoms with van der Waals surface area (Å²) < 4.78 is 15.0. The van der Waals surface area contributed by atoms with E-state index >= 15 is 0 Å². The van der Waals surface area contributed by atoms with Crippen molar-refractivity contribution in [2.45, 2.75) is 13.8 Å². The van der Waals surface area contributed by atoms with Crippen molar-refractivity contribution in [2.24, 2.45) is 0 Å². The average molecular weight is 334 g/mol. The van der Waals surface area contributed by atoms with Crippen LogP contribution in [0.1, 0.15) is 34.9 Å². The molecule has 1 aromatic carbocycles. The Morgan fingerprint density at radius 1 is 1.12 bits per heavy atom. The van der Waals surface area contributed by atoms with Crippen LogP contribution in [0.5, 0.6) is 0 Å². The van der Waals surface area contributed by atoms with Crippen molar-refractivity contribution in [3.8, 4) is 11.5 Å². The molecule has 0 N–H and O–H groups in total. The van der Waals surface area contributed by atoms with E-state index in [4.69, 9.17) is 13.9 Å². The normalized spacial score (nSPS) is 10.2. The number of carbonyl (C=O) groups excluding carboxylic acids is 2. The van der Waals surface area contributed by atoms with Crippen LogP contribution in [-0.4, -0.2) is 35.1 Å². The topological polar surface area (TPSA) is 122 Å². The van der Waals surface area contributed by atoms with Crippen molar-refractivity contribution in [1.29, 1.82) is 0 Å². The molecule has 0 bridgehead atoms. The lowest BCUT2D eigenvalue weighted by molar-refractivity contribution is -0.384. The van der Waals surface area contributed by atoms with E-state index in [1.165, 1.54) is 24.3 Å².